The number of thioether (sulfide) groups is 1. The van der Waals surface area contributed by atoms with Gasteiger partial charge >= 0.3 is 5.97 Å². The molecule has 0 spiro atoms. The van der Waals surface area contributed by atoms with Crippen LogP contribution in [0.25, 0.3) is 0 Å². The zero-order chi connectivity index (χ0) is 19.9. The lowest BCUT2D eigenvalue weighted by atomic mass is 10.2. The molecule has 1 aromatic heterocycles. The number of aryl methyl sites for hydroxylation is 2. The highest BCUT2D eigenvalue weighted by atomic mass is 32.2. The second-order valence-electron chi connectivity index (χ2n) is 6.03. The minimum absolute atomic E-state index is 0.0963. The predicted octanol–water partition coefficient (Wildman–Crippen LogP) is 4.96. The number of ether oxygens (including phenoxy) is 2. The van der Waals surface area contributed by atoms with Gasteiger partial charge in [0.25, 0.3) is 0 Å². The molecular formula is C21H20FNO4S. The fraction of sp³-hybridized carbons (Fsp3) is 0.238. The van der Waals surface area contributed by atoms with Gasteiger partial charge in [-0.05, 0) is 50.2 Å². The lowest BCUT2D eigenvalue weighted by Gasteiger charge is -2.10. The molecule has 0 atom stereocenters. The van der Waals surface area contributed by atoms with Gasteiger partial charge in [0.2, 0.25) is 0 Å². The minimum atomic E-state index is -0.412. The fourth-order valence-electron chi connectivity index (χ4n) is 2.52. The molecule has 0 unspecified atom stereocenters. The summed E-state index contributed by atoms with van der Waals surface area (Å²) in [6.45, 7) is 4.05. The quantitative estimate of drug-likeness (QED) is 0.302. The first-order chi connectivity index (χ1) is 13.5. The molecule has 0 saturated heterocycles. The molecular weight excluding hydrogens is 381 g/mol. The van der Waals surface area contributed by atoms with Gasteiger partial charge in [-0.2, -0.15) is 0 Å². The van der Waals surface area contributed by atoms with Gasteiger partial charge in [0, 0.05) is 16.2 Å². The molecule has 1 heterocycles. The monoisotopic (exact) mass is 401 g/mol. The fourth-order valence-corrected chi connectivity index (χ4v) is 3.72. The molecule has 0 fully saturated rings. The number of rotatable bonds is 8. The summed E-state index contributed by atoms with van der Waals surface area (Å²) in [6.07, 6.45) is 0. The van der Waals surface area contributed by atoms with Crippen molar-refractivity contribution >= 4 is 17.7 Å². The van der Waals surface area contributed by atoms with Crippen LogP contribution in [0.5, 0.6) is 5.75 Å². The first kappa shape index (κ1) is 19.9. The maximum atomic E-state index is 12.9. The Morgan fingerprint density at radius 2 is 1.86 bits per heavy atom. The third-order valence-electron chi connectivity index (χ3n) is 4.06. The second kappa shape index (κ2) is 9.41. The second-order valence-corrected chi connectivity index (χ2v) is 7.04. The van der Waals surface area contributed by atoms with Crippen LogP contribution < -0.4 is 4.74 Å². The number of aromatic nitrogens is 1. The summed E-state index contributed by atoms with van der Waals surface area (Å²) in [5.74, 6) is 1.21. The Balaban J connectivity index is 1.54. The van der Waals surface area contributed by atoms with Crippen molar-refractivity contribution in [2.24, 2.45) is 0 Å². The maximum Gasteiger partial charge on any atom is 0.339 e. The summed E-state index contributed by atoms with van der Waals surface area (Å²) < 4.78 is 28.8. The van der Waals surface area contributed by atoms with E-state index in [0.29, 0.717) is 17.1 Å². The van der Waals surface area contributed by atoms with Crippen LogP contribution in [0, 0.1) is 19.7 Å². The zero-order valence-electron chi connectivity index (χ0n) is 15.6. The van der Waals surface area contributed by atoms with Gasteiger partial charge in [0.05, 0.1) is 11.3 Å². The van der Waals surface area contributed by atoms with Crippen molar-refractivity contribution in [1.82, 2.24) is 5.16 Å². The van der Waals surface area contributed by atoms with Gasteiger partial charge in [-0.15, -0.1) is 11.8 Å². The number of esters is 1. The molecule has 0 saturated carbocycles. The van der Waals surface area contributed by atoms with Crippen LogP contribution in [0.3, 0.4) is 0 Å². The number of nitrogens with zero attached hydrogens (tertiary/aromatic N) is 1. The normalized spacial score (nSPS) is 10.7. The van der Waals surface area contributed by atoms with Gasteiger partial charge in [-0.3, -0.25) is 0 Å². The first-order valence-electron chi connectivity index (χ1n) is 8.73. The Kier molecular flexibility index (Phi) is 6.71. The Labute approximate surface area is 166 Å². The van der Waals surface area contributed by atoms with E-state index < -0.39 is 5.97 Å². The average Bonchev–Trinajstić information content (AvgIpc) is 3.02. The van der Waals surface area contributed by atoms with E-state index in [1.54, 1.807) is 12.1 Å². The molecule has 5 nitrogen and oxygen atoms in total. The van der Waals surface area contributed by atoms with E-state index in [2.05, 4.69) is 5.16 Å². The van der Waals surface area contributed by atoms with Crippen LogP contribution >= 0.6 is 11.8 Å². The van der Waals surface area contributed by atoms with Crippen molar-refractivity contribution in [2.45, 2.75) is 24.5 Å². The SMILES string of the molecule is Cc1noc(C)c1CSc1ccccc1C(=O)OCCOc1ccc(F)cc1. The smallest absolute Gasteiger partial charge is 0.339 e. The number of halogens is 1. The van der Waals surface area contributed by atoms with E-state index in [9.17, 15) is 9.18 Å². The van der Waals surface area contributed by atoms with Crippen LogP contribution in [-0.2, 0) is 10.5 Å². The minimum Gasteiger partial charge on any atom is -0.490 e. The highest BCUT2D eigenvalue weighted by molar-refractivity contribution is 7.98. The van der Waals surface area contributed by atoms with E-state index in [1.165, 1.54) is 36.0 Å². The largest absolute Gasteiger partial charge is 0.490 e. The third kappa shape index (κ3) is 5.13. The molecule has 2 aromatic carbocycles. The third-order valence-corrected chi connectivity index (χ3v) is 5.16. The van der Waals surface area contributed by atoms with Gasteiger partial charge < -0.3 is 14.0 Å². The molecule has 0 aliphatic rings. The van der Waals surface area contributed by atoms with Crippen LogP contribution in [-0.4, -0.2) is 24.3 Å². The van der Waals surface area contributed by atoms with Gasteiger partial charge in [0.15, 0.2) is 0 Å². The van der Waals surface area contributed by atoms with E-state index in [1.807, 2.05) is 26.0 Å². The van der Waals surface area contributed by atoms with Gasteiger partial charge in [0.1, 0.15) is 30.5 Å². The van der Waals surface area contributed by atoms with Gasteiger partial charge in [-0.1, -0.05) is 17.3 Å². The van der Waals surface area contributed by atoms with Crippen LogP contribution in [0.15, 0.2) is 57.9 Å². The van der Waals surface area contributed by atoms with E-state index >= 15 is 0 Å². The standard InChI is InChI=1S/C21H20FNO4S/c1-14-19(15(2)27-23-14)13-28-20-6-4-3-5-18(20)21(24)26-12-11-25-17-9-7-16(22)8-10-17/h3-10H,11-13H2,1-2H3. The molecule has 0 N–H and O–H groups in total. The Morgan fingerprint density at radius 1 is 1.11 bits per heavy atom. The van der Waals surface area contributed by atoms with Crippen molar-refractivity contribution < 1.29 is 23.2 Å². The summed E-state index contributed by atoms with van der Waals surface area (Å²) in [6, 6.07) is 13.0. The van der Waals surface area contributed by atoms with Crippen molar-refractivity contribution in [3.63, 3.8) is 0 Å². The predicted molar refractivity (Wildman–Crippen MR) is 104 cm³/mol. The molecule has 28 heavy (non-hydrogen) atoms. The summed E-state index contributed by atoms with van der Waals surface area (Å²) in [5.41, 5.74) is 2.38. The molecule has 0 amide bonds. The van der Waals surface area contributed by atoms with E-state index in [4.69, 9.17) is 14.0 Å². The molecule has 7 heteroatoms. The molecule has 0 aliphatic heterocycles. The highest BCUT2D eigenvalue weighted by Gasteiger charge is 2.15. The summed E-state index contributed by atoms with van der Waals surface area (Å²) in [7, 11) is 0. The number of carbonyl (C=O) groups excluding carboxylic acids is 1. The van der Waals surface area contributed by atoms with Crippen molar-refractivity contribution in [2.75, 3.05) is 13.2 Å². The summed E-state index contributed by atoms with van der Waals surface area (Å²) >= 11 is 1.53. The molecule has 0 aliphatic carbocycles. The molecule has 0 radical (unpaired) electrons. The van der Waals surface area contributed by atoms with Gasteiger partial charge in [-0.25, -0.2) is 9.18 Å². The number of benzene rings is 2. The summed E-state index contributed by atoms with van der Waals surface area (Å²) in [5, 5.41) is 3.95. The molecule has 0 bridgehead atoms. The molecule has 3 aromatic rings. The lowest BCUT2D eigenvalue weighted by molar-refractivity contribution is 0.0446. The van der Waals surface area contributed by atoms with E-state index in [-0.39, 0.29) is 19.0 Å². The Morgan fingerprint density at radius 3 is 2.57 bits per heavy atom. The van der Waals surface area contributed by atoms with Crippen molar-refractivity contribution in [3.8, 4) is 5.75 Å². The number of carbonyl (C=O) groups is 1. The first-order valence-corrected chi connectivity index (χ1v) is 9.72. The van der Waals surface area contributed by atoms with Crippen LogP contribution in [0.4, 0.5) is 4.39 Å². The Bertz CT molecular complexity index is 920. The van der Waals surface area contributed by atoms with Crippen LogP contribution in [0.2, 0.25) is 0 Å². The van der Waals surface area contributed by atoms with Crippen molar-refractivity contribution in [1.29, 1.82) is 0 Å². The molecule has 146 valence electrons. The van der Waals surface area contributed by atoms with Crippen molar-refractivity contribution in [3.05, 3.63) is 76.9 Å². The summed E-state index contributed by atoms with van der Waals surface area (Å²) in [4.78, 5) is 13.3. The topological polar surface area (TPSA) is 61.6 Å². The van der Waals surface area contributed by atoms with E-state index in [0.717, 1.165) is 21.9 Å². The maximum absolute atomic E-state index is 12.9. The molecule has 3 rings (SSSR count). The lowest BCUT2D eigenvalue weighted by Crippen LogP contribution is -2.13. The number of hydrogen-bond donors (Lipinski definition) is 0. The zero-order valence-corrected chi connectivity index (χ0v) is 16.4. The van der Waals surface area contributed by atoms with Crippen LogP contribution in [0.1, 0.15) is 27.4 Å². The average molecular weight is 401 g/mol. The number of hydrogen-bond acceptors (Lipinski definition) is 6. The highest BCUT2D eigenvalue weighted by Crippen LogP contribution is 2.29. The Hall–Kier alpha value is -2.80.